The van der Waals surface area contributed by atoms with Crippen molar-refractivity contribution < 1.29 is 19.6 Å². The quantitative estimate of drug-likeness (QED) is 0.478. The first-order valence-corrected chi connectivity index (χ1v) is 6.92. The summed E-state index contributed by atoms with van der Waals surface area (Å²) in [7, 11) is 1.45. The van der Waals surface area contributed by atoms with Gasteiger partial charge in [-0.15, -0.1) is 0 Å². The van der Waals surface area contributed by atoms with Gasteiger partial charge in [-0.05, 0) is 29.3 Å². The average molecular weight is 329 g/mol. The van der Waals surface area contributed by atoms with Crippen molar-refractivity contribution in [1.29, 1.82) is 0 Å². The van der Waals surface area contributed by atoms with Crippen LogP contribution in [-0.4, -0.2) is 29.3 Å². The standard InChI is InChI=1S/C16H15N3O5/c1-24-15-7-4-12(8-14(15)20)10-17-18-16(21)9-11-2-5-13(6-3-11)19(22)23/h2-8,10,20H,9H2,1H3,(H,18,21)/b17-10+. The molecule has 2 N–H and O–H groups in total. The molecular weight excluding hydrogens is 314 g/mol. The van der Waals surface area contributed by atoms with E-state index in [9.17, 15) is 20.0 Å². The van der Waals surface area contributed by atoms with Crippen LogP contribution in [0.5, 0.6) is 11.5 Å². The van der Waals surface area contributed by atoms with Crippen LogP contribution in [0.25, 0.3) is 0 Å². The first-order chi connectivity index (χ1) is 11.5. The number of hydrogen-bond donors (Lipinski definition) is 2. The van der Waals surface area contributed by atoms with Crippen LogP contribution in [0.1, 0.15) is 11.1 Å². The fourth-order valence-electron chi connectivity index (χ4n) is 1.93. The topological polar surface area (TPSA) is 114 Å². The Morgan fingerprint density at radius 1 is 1.33 bits per heavy atom. The van der Waals surface area contributed by atoms with Gasteiger partial charge in [0.05, 0.1) is 24.7 Å². The van der Waals surface area contributed by atoms with Crippen LogP contribution >= 0.6 is 0 Å². The predicted molar refractivity (Wildman–Crippen MR) is 87.2 cm³/mol. The molecule has 8 heteroatoms. The van der Waals surface area contributed by atoms with Gasteiger partial charge in [-0.25, -0.2) is 5.43 Å². The van der Waals surface area contributed by atoms with Crippen LogP contribution in [-0.2, 0) is 11.2 Å². The van der Waals surface area contributed by atoms with Gasteiger partial charge in [0.25, 0.3) is 5.69 Å². The highest BCUT2D eigenvalue weighted by atomic mass is 16.6. The lowest BCUT2D eigenvalue weighted by Gasteiger charge is -2.03. The Hall–Kier alpha value is -3.42. The van der Waals surface area contributed by atoms with E-state index in [0.29, 0.717) is 16.9 Å². The number of phenolic OH excluding ortho intramolecular Hbond substituents is 1. The molecule has 2 rings (SSSR count). The summed E-state index contributed by atoms with van der Waals surface area (Å²) < 4.78 is 4.93. The van der Waals surface area contributed by atoms with Crippen LogP contribution in [0.15, 0.2) is 47.6 Å². The highest BCUT2D eigenvalue weighted by molar-refractivity contribution is 5.84. The van der Waals surface area contributed by atoms with Gasteiger partial charge in [-0.2, -0.15) is 5.10 Å². The number of methoxy groups -OCH3 is 1. The Morgan fingerprint density at radius 3 is 2.62 bits per heavy atom. The monoisotopic (exact) mass is 329 g/mol. The number of nitro groups is 1. The van der Waals surface area contributed by atoms with E-state index in [1.54, 1.807) is 12.1 Å². The van der Waals surface area contributed by atoms with Gasteiger partial charge >= 0.3 is 0 Å². The summed E-state index contributed by atoms with van der Waals surface area (Å²) in [5, 5.41) is 24.0. The number of phenols is 1. The van der Waals surface area contributed by atoms with E-state index < -0.39 is 4.92 Å². The van der Waals surface area contributed by atoms with E-state index in [0.717, 1.165) is 0 Å². The van der Waals surface area contributed by atoms with Crippen LogP contribution in [0, 0.1) is 10.1 Å². The van der Waals surface area contributed by atoms with Crippen molar-refractivity contribution in [1.82, 2.24) is 5.43 Å². The van der Waals surface area contributed by atoms with E-state index >= 15 is 0 Å². The van der Waals surface area contributed by atoms with Gasteiger partial charge in [0, 0.05) is 12.1 Å². The highest BCUT2D eigenvalue weighted by Gasteiger charge is 2.07. The van der Waals surface area contributed by atoms with Gasteiger partial charge in [-0.3, -0.25) is 14.9 Å². The molecule has 0 saturated heterocycles. The number of benzene rings is 2. The van der Waals surface area contributed by atoms with Crippen LogP contribution in [0.2, 0.25) is 0 Å². The van der Waals surface area contributed by atoms with Crippen molar-refractivity contribution in [2.24, 2.45) is 5.10 Å². The highest BCUT2D eigenvalue weighted by Crippen LogP contribution is 2.25. The number of nitrogens with zero attached hydrogens (tertiary/aromatic N) is 2. The first kappa shape index (κ1) is 16.9. The molecule has 0 aromatic heterocycles. The maximum Gasteiger partial charge on any atom is 0.269 e. The number of non-ortho nitro benzene ring substituents is 1. The van der Waals surface area contributed by atoms with E-state index in [-0.39, 0.29) is 23.8 Å². The third-order valence-corrected chi connectivity index (χ3v) is 3.12. The minimum Gasteiger partial charge on any atom is -0.504 e. The number of nitro benzene ring substituents is 1. The van der Waals surface area contributed by atoms with Gasteiger partial charge in [0.2, 0.25) is 5.91 Å². The third-order valence-electron chi connectivity index (χ3n) is 3.12. The SMILES string of the molecule is COc1ccc(/C=N/NC(=O)Cc2ccc([N+](=O)[O-])cc2)cc1O. The second-order valence-electron chi connectivity index (χ2n) is 4.82. The molecule has 0 saturated carbocycles. The number of aromatic hydroxyl groups is 1. The first-order valence-electron chi connectivity index (χ1n) is 6.92. The van der Waals surface area contributed by atoms with E-state index in [1.807, 2.05) is 0 Å². The summed E-state index contributed by atoms with van der Waals surface area (Å²) in [5.74, 6) is -0.0501. The Labute approximate surface area is 137 Å². The van der Waals surface area contributed by atoms with Gasteiger partial charge < -0.3 is 9.84 Å². The van der Waals surface area contributed by atoms with E-state index in [1.165, 1.54) is 43.7 Å². The zero-order chi connectivity index (χ0) is 17.5. The molecular formula is C16H15N3O5. The fourth-order valence-corrected chi connectivity index (χ4v) is 1.93. The summed E-state index contributed by atoms with van der Waals surface area (Å²) in [6.45, 7) is 0. The van der Waals surface area contributed by atoms with E-state index in [2.05, 4.69) is 10.5 Å². The van der Waals surface area contributed by atoms with Gasteiger partial charge in [0.15, 0.2) is 11.5 Å². The summed E-state index contributed by atoms with van der Waals surface area (Å²) in [5.41, 5.74) is 3.54. The number of amides is 1. The number of ether oxygens (including phenoxy) is 1. The van der Waals surface area contributed by atoms with Crippen molar-refractivity contribution >= 4 is 17.8 Å². The number of carbonyl (C=O) groups excluding carboxylic acids is 1. The van der Waals surface area contributed by atoms with E-state index in [4.69, 9.17) is 4.74 Å². The molecule has 0 aliphatic heterocycles. The summed E-state index contributed by atoms with van der Waals surface area (Å²) in [6.07, 6.45) is 1.43. The molecule has 8 nitrogen and oxygen atoms in total. The minimum atomic E-state index is -0.502. The van der Waals surface area contributed by atoms with Crippen molar-refractivity contribution in [3.63, 3.8) is 0 Å². The Kier molecular flexibility index (Phi) is 5.45. The second-order valence-corrected chi connectivity index (χ2v) is 4.82. The number of nitrogens with one attached hydrogen (secondary N) is 1. The molecule has 2 aromatic rings. The van der Waals surface area contributed by atoms with Crippen molar-refractivity contribution in [3.8, 4) is 11.5 Å². The number of hydrogen-bond acceptors (Lipinski definition) is 6. The number of carbonyl (C=O) groups is 1. The molecule has 2 aromatic carbocycles. The predicted octanol–water partition coefficient (Wildman–Crippen LogP) is 2.00. The third kappa shape index (κ3) is 4.54. The molecule has 0 radical (unpaired) electrons. The maximum atomic E-state index is 11.8. The maximum absolute atomic E-state index is 11.8. The smallest absolute Gasteiger partial charge is 0.269 e. The molecule has 0 unspecified atom stereocenters. The van der Waals surface area contributed by atoms with Gasteiger partial charge in [0.1, 0.15) is 0 Å². The van der Waals surface area contributed by atoms with Crippen molar-refractivity contribution in [2.45, 2.75) is 6.42 Å². The Bertz CT molecular complexity index is 772. The molecule has 0 bridgehead atoms. The lowest BCUT2D eigenvalue weighted by molar-refractivity contribution is -0.384. The summed E-state index contributed by atoms with van der Waals surface area (Å²) in [4.78, 5) is 21.8. The zero-order valence-electron chi connectivity index (χ0n) is 12.8. The lowest BCUT2D eigenvalue weighted by Crippen LogP contribution is -2.19. The van der Waals surface area contributed by atoms with Crippen LogP contribution < -0.4 is 10.2 Å². The average Bonchev–Trinajstić information content (AvgIpc) is 2.55. The number of rotatable bonds is 6. The molecule has 124 valence electrons. The summed E-state index contributed by atoms with van der Waals surface area (Å²) in [6, 6.07) is 10.4. The largest absolute Gasteiger partial charge is 0.504 e. The Morgan fingerprint density at radius 2 is 2.04 bits per heavy atom. The molecule has 0 spiro atoms. The normalized spacial score (nSPS) is 10.5. The molecule has 0 fully saturated rings. The number of hydrazone groups is 1. The lowest BCUT2D eigenvalue weighted by atomic mass is 10.1. The molecule has 0 aliphatic carbocycles. The van der Waals surface area contributed by atoms with Crippen LogP contribution in [0.4, 0.5) is 5.69 Å². The minimum absolute atomic E-state index is 0.0290. The summed E-state index contributed by atoms with van der Waals surface area (Å²) >= 11 is 0. The fraction of sp³-hybridized carbons (Fsp3) is 0.125. The molecule has 0 atom stereocenters. The van der Waals surface area contributed by atoms with Crippen molar-refractivity contribution in [2.75, 3.05) is 7.11 Å². The zero-order valence-corrected chi connectivity index (χ0v) is 12.8. The molecule has 24 heavy (non-hydrogen) atoms. The molecule has 0 heterocycles. The van der Waals surface area contributed by atoms with Gasteiger partial charge in [-0.1, -0.05) is 12.1 Å². The van der Waals surface area contributed by atoms with Crippen molar-refractivity contribution in [3.05, 3.63) is 63.7 Å². The molecule has 1 amide bonds. The Balaban J connectivity index is 1.90. The van der Waals surface area contributed by atoms with Crippen LogP contribution in [0.3, 0.4) is 0 Å². The molecule has 0 aliphatic rings. The second kappa shape index (κ2) is 7.73.